The summed E-state index contributed by atoms with van der Waals surface area (Å²) in [6.07, 6.45) is -4.96. The van der Waals surface area contributed by atoms with Gasteiger partial charge in [-0.3, -0.25) is 4.79 Å². The third-order valence-electron chi connectivity index (χ3n) is 2.91. The van der Waals surface area contributed by atoms with Gasteiger partial charge in [0, 0.05) is 13.0 Å². The Balaban J connectivity index is 0. The molecular formula is C13H27NO8. The number of carbonyl (C=O) groups excluding carboxylic acids is 1. The Morgan fingerprint density at radius 3 is 1.86 bits per heavy atom. The maximum absolute atomic E-state index is 10.3. The maximum Gasteiger partial charge on any atom is 0.309 e. The SMILES string of the molecule is CC(C)(CC=O)C(=O)O.CNC[C@H](O)[C@@H](O)[C@H](O)[C@H](O)CO. The van der Waals surface area contributed by atoms with Crippen molar-refractivity contribution in [2.24, 2.45) is 5.41 Å². The van der Waals surface area contributed by atoms with Gasteiger partial charge in [0.05, 0.1) is 18.1 Å². The molecule has 0 aliphatic carbocycles. The first-order valence-electron chi connectivity index (χ1n) is 6.69. The molecule has 0 aromatic heterocycles. The third-order valence-corrected chi connectivity index (χ3v) is 2.91. The van der Waals surface area contributed by atoms with Crippen LogP contribution in [-0.2, 0) is 9.59 Å². The number of carbonyl (C=O) groups is 2. The Kier molecular flexibility index (Phi) is 12.1. The molecule has 132 valence electrons. The lowest BCUT2D eigenvalue weighted by Crippen LogP contribution is -2.48. The highest BCUT2D eigenvalue weighted by atomic mass is 16.4. The summed E-state index contributed by atoms with van der Waals surface area (Å²) < 4.78 is 0. The Labute approximate surface area is 129 Å². The van der Waals surface area contributed by atoms with Gasteiger partial charge in [0.2, 0.25) is 0 Å². The molecule has 0 heterocycles. The molecule has 0 saturated heterocycles. The zero-order valence-corrected chi connectivity index (χ0v) is 13.0. The number of rotatable bonds is 9. The van der Waals surface area contributed by atoms with Crippen LogP contribution in [0.25, 0.3) is 0 Å². The predicted molar refractivity (Wildman–Crippen MR) is 77.1 cm³/mol. The smallest absolute Gasteiger partial charge is 0.309 e. The second-order valence-electron chi connectivity index (χ2n) is 5.42. The zero-order valence-electron chi connectivity index (χ0n) is 13.0. The van der Waals surface area contributed by atoms with Crippen LogP contribution >= 0.6 is 0 Å². The molecule has 0 radical (unpaired) electrons. The monoisotopic (exact) mass is 325 g/mol. The van der Waals surface area contributed by atoms with Crippen LogP contribution in [0.5, 0.6) is 0 Å². The third kappa shape index (κ3) is 9.03. The van der Waals surface area contributed by atoms with Crippen molar-refractivity contribution < 1.29 is 40.2 Å². The number of hydrogen-bond donors (Lipinski definition) is 7. The summed E-state index contributed by atoms with van der Waals surface area (Å²) in [5.41, 5.74) is -0.901. The van der Waals surface area contributed by atoms with E-state index in [4.69, 9.17) is 25.5 Å². The van der Waals surface area contributed by atoms with Crippen molar-refractivity contribution in [2.45, 2.75) is 44.7 Å². The number of nitrogens with one attached hydrogen (secondary N) is 1. The first-order chi connectivity index (χ1) is 10.0. The highest BCUT2D eigenvalue weighted by Gasteiger charge is 2.29. The summed E-state index contributed by atoms with van der Waals surface area (Å²) in [6, 6.07) is 0. The van der Waals surface area contributed by atoms with Crippen LogP contribution in [0.15, 0.2) is 0 Å². The molecule has 9 heteroatoms. The van der Waals surface area contributed by atoms with E-state index in [1.165, 1.54) is 13.8 Å². The number of carboxylic acids is 1. The molecule has 0 saturated carbocycles. The molecule has 9 nitrogen and oxygen atoms in total. The summed E-state index contributed by atoms with van der Waals surface area (Å²) in [6.45, 7) is 2.47. The lowest BCUT2D eigenvalue weighted by Gasteiger charge is -2.25. The van der Waals surface area contributed by atoms with Crippen LogP contribution in [0.3, 0.4) is 0 Å². The van der Waals surface area contributed by atoms with Crippen molar-refractivity contribution >= 4 is 12.3 Å². The zero-order chi connectivity index (χ0) is 17.9. The van der Waals surface area contributed by atoms with Crippen molar-refractivity contribution in [3.8, 4) is 0 Å². The Morgan fingerprint density at radius 1 is 1.14 bits per heavy atom. The number of likely N-dealkylation sites (N-methyl/N-ethyl adjacent to an activating group) is 1. The minimum absolute atomic E-state index is 0.0718. The highest BCUT2D eigenvalue weighted by Crippen LogP contribution is 2.17. The molecule has 7 N–H and O–H groups in total. The van der Waals surface area contributed by atoms with E-state index in [9.17, 15) is 14.7 Å². The molecular weight excluding hydrogens is 298 g/mol. The van der Waals surface area contributed by atoms with E-state index >= 15 is 0 Å². The maximum atomic E-state index is 10.3. The van der Waals surface area contributed by atoms with Crippen LogP contribution < -0.4 is 5.32 Å². The van der Waals surface area contributed by atoms with E-state index in [0.29, 0.717) is 6.29 Å². The molecule has 0 bridgehead atoms. The van der Waals surface area contributed by atoms with Crippen molar-refractivity contribution in [1.29, 1.82) is 0 Å². The van der Waals surface area contributed by atoms with Gasteiger partial charge in [0.25, 0.3) is 0 Å². The molecule has 0 rings (SSSR count). The summed E-state index contributed by atoms with van der Waals surface area (Å²) in [7, 11) is 1.57. The molecule has 22 heavy (non-hydrogen) atoms. The van der Waals surface area contributed by atoms with Crippen molar-refractivity contribution in [3.05, 3.63) is 0 Å². The molecule has 0 aromatic carbocycles. The lowest BCUT2D eigenvalue weighted by atomic mass is 9.91. The predicted octanol–water partition coefficient (Wildman–Crippen LogP) is -2.67. The van der Waals surface area contributed by atoms with Crippen molar-refractivity contribution in [2.75, 3.05) is 20.2 Å². The molecule has 0 aromatic rings. The average molecular weight is 325 g/mol. The number of aldehydes is 1. The van der Waals surface area contributed by atoms with Gasteiger partial charge in [-0.25, -0.2) is 0 Å². The summed E-state index contributed by atoms with van der Waals surface area (Å²) in [5.74, 6) is -0.936. The van der Waals surface area contributed by atoms with Crippen molar-refractivity contribution in [3.63, 3.8) is 0 Å². The molecule has 0 aliphatic rings. The van der Waals surface area contributed by atoms with Crippen LogP contribution in [0.2, 0.25) is 0 Å². The fraction of sp³-hybridized carbons (Fsp3) is 0.846. The topological polar surface area (TPSA) is 168 Å². The highest BCUT2D eigenvalue weighted by molar-refractivity contribution is 5.76. The lowest BCUT2D eigenvalue weighted by molar-refractivity contribution is -0.148. The van der Waals surface area contributed by atoms with Gasteiger partial charge in [-0.05, 0) is 20.9 Å². The molecule has 0 spiro atoms. The van der Waals surface area contributed by atoms with Gasteiger partial charge in [-0.1, -0.05) is 0 Å². The summed E-state index contributed by atoms with van der Waals surface area (Å²) in [5, 5.41) is 55.9. The number of aliphatic carboxylic acids is 1. The van der Waals surface area contributed by atoms with E-state index in [2.05, 4.69) is 5.32 Å². The van der Waals surface area contributed by atoms with Gasteiger partial charge < -0.3 is 40.8 Å². The van der Waals surface area contributed by atoms with Gasteiger partial charge in [-0.15, -0.1) is 0 Å². The van der Waals surface area contributed by atoms with E-state index in [1.54, 1.807) is 7.05 Å². The van der Waals surface area contributed by atoms with Crippen molar-refractivity contribution in [1.82, 2.24) is 5.32 Å². The number of hydrogen-bond acceptors (Lipinski definition) is 8. The van der Waals surface area contributed by atoms with E-state index in [1.807, 2.05) is 0 Å². The van der Waals surface area contributed by atoms with E-state index in [0.717, 1.165) is 0 Å². The Hall–Kier alpha value is -1.10. The first-order valence-corrected chi connectivity index (χ1v) is 6.69. The number of aliphatic hydroxyl groups is 5. The minimum Gasteiger partial charge on any atom is -0.481 e. The minimum atomic E-state index is -1.55. The summed E-state index contributed by atoms with van der Waals surface area (Å²) >= 11 is 0. The first kappa shape index (κ1) is 23.2. The van der Waals surface area contributed by atoms with Gasteiger partial charge in [0.15, 0.2) is 0 Å². The van der Waals surface area contributed by atoms with Gasteiger partial charge in [0.1, 0.15) is 24.6 Å². The quantitative estimate of drug-likeness (QED) is 0.224. The Morgan fingerprint density at radius 2 is 1.59 bits per heavy atom. The largest absolute Gasteiger partial charge is 0.481 e. The van der Waals surface area contributed by atoms with E-state index in [-0.39, 0.29) is 13.0 Å². The van der Waals surface area contributed by atoms with Crippen LogP contribution in [-0.4, -0.2) is 87.5 Å². The summed E-state index contributed by atoms with van der Waals surface area (Å²) in [4.78, 5) is 20.1. The fourth-order valence-electron chi connectivity index (χ4n) is 1.19. The van der Waals surface area contributed by atoms with Crippen LogP contribution in [0.4, 0.5) is 0 Å². The normalized spacial score (nSPS) is 16.7. The fourth-order valence-corrected chi connectivity index (χ4v) is 1.19. The molecule has 0 fully saturated rings. The average Bonchev–Trinajstić information content (AvgIpc) is 2.45. The molecule has 0 unspecified atom stereocenters. The molecule has 0 aliphatic heterocycles. The Bertz CT molecular complexity index is 323. The standard InChI is InChI=1S/C7H17NO5.C6H10O3/c1-8-2-4(10)6(12)7(13)5(11)3-9;1-6(2,3-4-7)5(8)9/h4-13H,2-3H2,1H3;4H,3H2,1-2H3,(H,8,9)/t4-,5+,6+,7+;/m0./s1. The molecule has 4 atom stereocenters. The van der Waals surface area contributed by atoms with Crippen LogP contribution in [0.1, 0.15) is 20.3 Å². The number of aliphatic hydroxyl groups excluding tert-OH is 5. The van der Waals surface area contributed by atoms with E-state index < -0.39 is 42.4 Å². The van der Waals surface area contributed by atoms with Crippen LogP contribution in [0, 0.1) is 5.41 Å². The second kappa shape index (κ2) is 11.5. The molecule has 0 amide bonds. The van der Waals surface area contributed by atoms with Gasteiger partial charge in [-0.2, -0.15) is 0 Å². The van der Waals surface area contributed by atoms with Gasteiger partial charge >= 0.3 is 5.97 Å². The number of carboxylic acid groups (broad SMARTS) is 1. The second-order valence-corrected chi connectivity index (χ2v) is 5.42.